The summed E-state index contributed by atoms with van der Waals surface area (Å²) in [6.45, 7) is 0. The number of aromatic nitrogens is 1. The third kappa shape index (κ3) is 4.76. The summed E-state index contributed by atoms with van der Waals surface area (Å²) in [6.07, 6.45) is 1.62. The standard InChI is InChI=1S/C23H18BrN3O3S/c1-29-18-9-6-15(7-10-18)14-25-27(22(28)16-4-3-5-19(12-16)30-2)23-26-20-11-8-17(24)13-21(20)31-23/h3-14H,1-2H3/b25-14+. The van der Waals surface area contributed by atoms with Gasteiger partial charge in [0.15, 0.2) is 0 Å². The van der Waals surface area contributed by atoms with Crippen molar-refractivity contribution in [2.24, 2.45) is 5.10 Å². The Bertz CT molecular complexity index is 1250. The molecular formula is C23H18BrN3O3S. The summed E-state index contributed by atoms with van der Waals surface area (Å²) < 4.78 is 12.4. The zero-order valence-corrected chi connectivity index (χ0v) is 19.2. The molecule has 1 aromatic heterocycles. The normalized spacial score (nSPS) is 11.1. The van der Waals surface area contributed by atoms with Gasteiger partial charge in [-0.1, -0.05) is 33.3 Å². The Morgan fingerprint density at radius 3 is 2.55 bits per heavy atom. The van der Waals surface area contributed by atoms with Gasteiger partial charge in [0.05, 0.1) is 30.7 Å². The van der Waals surface area contributed by atoms with Crippen LogP contribution in [-0.2, 0) is 0 Å². The van der Waals surface area contributed by atoms with Crippen molar-refractivity contribution in [3.8, 4) is 11.5 Å². The maximum Gasteiger partial charge on any atom is 0.280 e. The minimum atomic E-state index is -0.304. The number of fused-ring (bicyclic) bond motifs is 1. The predicted molar refractivity (Wildman–Crippen MR) is 128 cm³/mol. The highest BCUT2D eigenvalue weighted by atomic mass is 79.9. The fraction of sp³-hybridized carbons (Fsp3) is 0.0870. The first-order valence-electron chi connectivity index (χ1n) is 9.30. The zero-order valence-electron chi connectivity index (χ0n) is 16.8. The molecule has 0 aliphatic carbocycles. The molecule has 0 aliphatic heterocycles. The molecule has 4 rings (SSSR count). The van der Waals surface area contributed by atoms with Gasteiger partial charge in [-0.3, -0.25) is 4.79 Å². The van der Waals surface area contributed by atoms with E-state index in [0.717, 1.165) is 26.0 Å². The number of amides is 1. The van der Waals surface area contributed by atoms with Gasteiger partial charge >= 0.3 is 0 Å². The molecule has 0 bridgehead atoms. The summed E-state index contributed by atoms with van der Waals surface area (Å²) in [5.74, 6) is 1.04. The predicted octanol–water partition coefficient (Wildman–Crippen LogP) is 5.76. The van der Waals surface area contributed by atoms with Gasteiger partial charge in [-0.25, -0.2) is 4.98 Å². The zero-order chi connectivity index (χ0) is 21.8. The second kappa shape index (κ2) is 9.28. The van der Waals surface area contributed by atoms with Crippen LogP contribution in [0.5, 0.6) is 11.5 Å². The van der Waals surface area contributed by atoms with Crippen molar-refractivity contribution < 1.29 is 14.3 Å². The average molecular weight is 496 g/mol. The molecule has 1 heterocycles. The number of thiazole rings is 1. The number of methoxy groups -OCH3 is 2. The van der Waals surface area contributed by atoms with Crippen molar-refractivity contribution in [2.75, 3.05) is 19.2 Å². The molecule has 8 heteroatoms. The van der Waals surface area contributed by atoms with Gasteiger partial charge in [-0.2, -0.15) is 10.1 Å². The lowest BCUT2D eigenvalue weighted by Gasteiger charge is -2.14. The molecule has 0 N–H and O–H groups in total. The van der Waals surface area contributed by atoms with Crippen LogP contribution in [0, 0.1) is 0 Å². The second-order valence-corrected chi connectivity index (χ2v) is 8.40. The summed E-state index contributed by atoms with van der Waals surface area (Å²) in [7, 11) is 3.18. The molecule has 31 heavy (non-hydrogen) atoms. The maximum atomic E-state index is 13.4. The van der Waals surface area contributed by atoms with Crippen LogP contribution in [-0.4, -0.2) is 31.3 Å². The van der Waals surface area contributed by atoms with E-state index in [0.29, 0.717) is 16.4 Å². The lowest BCUT2D eigenvalue weighted by molar-refractivity contribution is 0.0987. The molecule has 1 amide bonds. The first-order valence-corrected chi connectivity index (χ1v) is 10.9. The van der Waals surface area contributed by atoms with Crippen LogP contribution in [0.2, 0.25) is 0 Å². The van der Waals surface area contributed by atoms with E-state index in [2.05, 4.69) is 26.0 Å². The van der Waals surface area contributed by atoms with Crippen molar-refractivity contribution in [1.29, 1.82) is 0 Å². The highest BCUT2D eigenvalue weighted by Crippen LogP contribution is 2.32. The van der Waals surface area contributed by atoms with Crippen LogP contribution in [0.15, 0.2) is 76.3 Å². The van der Waals surface area contributed by atoms with E-state index in [9.17, 15) is 4.79 Å². The third-order valence-electron chi connectivity index (χ3n) is 4.47. The molecule has 0 spiro atoms. The van der Waals surface area contributed by atoms with Gasteiger partial charge in [0.25, 0.3) is 5.91 Å². The average Bonchev–Trinajstić information content (AvgIpc) is 3.22. The van der Waals surface area contributed by atoms with Crippen LogP contribution in [0.25, 0.3) is 10.2 Å². The van der Waals surface area contributed by atoms with E-state index in [-0.39, 0.29) is 5.91 Å². The van der Waals surface area contributed by atoms with E-state index < -0.39 is 0 Å². The molecule has 0 radical (unpaired) electrons. The minimum Gasteiger partial charge on any atom is -0.497 e. The van der Waals surface area contributed by atoms with Gasteiger partial charge in [-0.05, 0) is 66.2 Å². The maximum absolute atomic E-state index is 13.4. The van der Waals surface area contributed by atoms with Crippen molar-refractivity contribution in [3.63, 3.8) is 0 Å². The Morgan fingerprint density at radius 2 is 1.81 bits per heavy atom. The number of rotatable bonds is 6. The van der Waals surface area contributed by atoms with E-state index in [4.69, 9.17) is 9.47 Å². The SMILES string of the molecule is COc1ccc(/C=N/N(C(=O)c2cccc(OC)c2)c2nc3ccc(Br)cc3s2)cc1. The largest absolute Gasteiger partial charge is 0.497 e. The van der Waals surface area contributed by atoms with E-state index in [1.807, 2.05) is 42.5 Å². The van der Waals surface area contributed by atoms with Gasteiger partial charge < -0.3 is 9.47 Å². The number of nitrogens with zero attached hydrogens (tertiary/aromatic N) is 3. The number of carbonyl (C=O) groups excluding carboxylic acids is 1. The fourth-order valence-corrected chi connectivity index (χ4v) is 4.33. The summed E-state index contributed by atoms with van der Waals surface area (Å²) >= 11 is 4.87. The highest BCUT2D eigenvalue weighted by molar-refractivity contribution is 9.10. The van der Waals surface area contributed by atoms with Gasteiger partial charge in [0.1, 0.15) is 11.5 Å². The summed E-state index contributed by atoms with van der Waals surface area (Å²) in [6, 6.07) is 20.2. The molecule has 0 aliphatic rings. The van der Waals surface area contributed by atoms with Crippen LogP contribution >= 0.6 is 27.3 Å². The van der Waals surface area contributed by atoms with Gasteiger partial charge in [0, 0.05) is 10.0 Å². The van der Waals surface area contributed by atoms with Gasteiger partial charge in [-0.15, -0.1) is 0 Å². The quantitative estimate of drug-likeness (QED) is 0.252. The van der Waals surface area contributed by atoms with E-state index >= 15 is 0 Å². The highest BCUT2D eigenvalue weighted by Gasteiger charge is 2.21. The topological polar surface area (TPSA) is 64.0 Å². The lowest BCUT2D eigenvalue weighted by Crippen LogP contribution is -2.25. The Hall–Kier alpha value is -3.23. The van der Waals surface area contributed by atoms with Crippen molar-refractivity contribution in [1.82, 2.24) is 4.98 Å². The molecule has 0 saturated carbocycles. The molecule has 4 aromatic rings. The smallest absolute Gasteiger partial charge is 0.280 e. The summed E-state index contributed by atoms with van der Waals surface area (Å²) in [4.78, 5) is 18.0. The molecule has 0 unspecified atom stereocenters. The van der Waals surface area contributed by atoms with Crippen molar-refractivity contribution >= 4 is 54.7 Å². The Balaban J connectivity index is 1.74. The monoisotopic (exact) mass is 495 g/mol. The first-order chi connectivity index (χ1) is 15.1. The first kappa shape index (κ1) is 21.0. The fourth-order valence-electron chi connectivity index (χ4n) is 2.86. The van der Waals surface area contributed by atoms with Crippen LogP contribution < -0.4 is 14.5 Å². The van der Waals surface area contributed by atoms with E-state index in [1.165, 1.54) is 16.3 Å². The molecule has 0 saturated heterocycles. The Morgan fingerprint density at radius 1 is 1.03 bits per heavy atom. The molecule has 0 fully saturated rings. The molecular weight excluding hydrogens is 478 g/mol. The Labute approximate surface area is 191 Å². The van der Waals surface area contributed by atoms with Crippen LogP contribution in [0.1, 0.15) is 15.9 Å². The van der Waals surface area contributed by atoms with E-state index in [1.54, 1.807) is 44.7 Å². The van der Waals surface area contributed by atoms with Crippen LogP contribution in [0.3, 0.4) is 0 Å². The molecule has 156 valence electrons. The number of halogens is 1. The number of hydrazone groups is 1. The lowest BCUT2D eigenvalue weighted by atomic mass is 10.2. The van der Waals surface area contributed by atoms with Crippen molar-refractivity contribution in [2.45, 2.75) is 0 Å². The summed E-state index contributed by atoms with van der Waals surface area (Å²) in [5.41, 5.74) is 2.08. The van der Waals surface area contributed by atoms with Crippen LogP contribution in [0.4, 0.5) is 5.13 Å². The minimum absolute atomic E-state index is 0.304. The van der Waals surface area contributed by atoms with Crippen molar-refractivity contribution in [3.05, 3.63) is 82.3 Å². The number of hydrogen-bond donors (Lipinski definition) is 0. The van der Waals surface area contributed by atoms with Gasteiger partial charge in [0.2, 0.25) is 5.13 Å². The second-order valence-electron chi connectivity index (χ2n) is 6.48. The third-order valence-corrected chi connectivity index (χ3v) is 5.95. The number of anilines is 1. The number of hydrogen-bond acceptors (Lipinski definition) is 6. The number of benzene rings is 3. The number of carbonyl (C=O) groups is 1. The Kier molecular flexibility index (Phi) is 6.29. The number of ether oxygens (including phenoxy) is 2. The summed E-state index contributed by atoms with van der Waals surface area (Å²) in [5, 5.41) is 6.28. The molecule has 6 nitrogen and oxygen atoms in total. The molecule has 0 atom stereocenters. The molecule has 3 aromatic carbocycles.